The first-order valence-corrected chi connectivity index (χ1v) is 6.29. The number of likely N-dealkylation sites (N-methyl/N-ethyl adjacent to an activating group) is 2. The largest absolute Gasteiger partial charge is 0.465 e. The van der Waals surface area contributed by atoms with Gasteiger partial charge < -0.3 is 5.11 Å². The quantitative estimate of drug-likeness (QED) is 0.821. The number of amides is 2. The normalized spacial score (nSPS) is 12.1. The van der Waals surface area contributed by atoms with E-state index >= 15 is 0 Å². The van der Waals surface area contributed by atoms with E-state index in [0.717, 1.165) is 10.5 Å². The number of hydrazine groups is 1. The van der Waals surface area contributed by atoms with Crippen LogP contribution in [0.5, 0.6) is 0 Å². The van der Waals surface area contributed by atoms with Gasteiger partial charge >= 0.3 is 6.09 Å². The number of nitrogens with zero attached hydrogens (tertiary/aromatic N) is 3. The van der Waals surface area contributed by atoms with Crippen LogP contribution in [-0.2, 0) is 11.2 Å². The summed E-state index contributed by atoms with van der Waals surface area (Å²) in [6.07, 6.45) is -0.771. The van der Waals surface area contributed by atoms with Crippen LogP contribution in [0.4, 0.5) is 4.79 Å². The first-order chi connectivity index (χ1) is 9.34. The molecule has 1 rings (SSSR count). The molecule has 0 fully saturated rings. The van der Waals surface area contributed by atoms with Crippen LogP contribution >= 0.6 is 0 Å². The third-order valence-electron chi connectivity index (χ3n) is 3.25. The Morgan fingerprint density at radius 1 is 1.10 bits per heavy atom. The summed E-state index contributed by atoms with van der Waals surface area (Å²) in [5.41, 5.74) is 0.922. The minimum atomic E-state index is -1.12. The number of benzene rings is 1. The van der Waals surface area contributed by atoms with Crippen molar-refractivity contribution in [1.29, 1.82) is 0 Å². The Labute approximate surface area is 119 Å². The van der Waals surface area contributed by atoms with Gasteiger partial charge in [0.1, 0.15) is 6.04 Å². The van der Waals surface area contributed by atoms with E-state index in [1.54, 1.807) is 26.2 Å². The predicted octanol–water partition coefficient (Wildman–Crippen LogP) is 1.14. The van der Waals surface area contributed by atoms with Crippen LogP contribution in [0.25, 0.3) is 0 Å². The Balaban J connectivity index is 2.97. The molecular weight excluding hydrogens is 258 g/mol. The lowest BCUT2D eigenvalue weighted by Gasteiger charge is -2.32. The van der Waals surface area contributed by atoms with E-state index in [0.29, 0.717) is 6.42 Å². The number of carbonyl (C=O) groups excluding carboxylic acids is 1. The minimum Gasteiger partial charge on any atom is -0.465 e. The molecule has 2 amide bonds. The average molecular weight is 279 g/mol. The van der Waals surface area contributed by atoms with E-state index in [1.807, 2.05) is 30.3 Å². The Morgan fingerprint density at radius 3 is 2.10 bits per heavy atom. The summed E-state index contributed by atoms with van der Waals surface area (Å²) in [4.78, 5) is 24.6. The second-order valence-corrected chi connectivity index (χ2v) is 4.81. The van der Waals surface area contributed by atoms with Crippen molar-refractivity contribution in [3.05, 3.63) is 35.9 Å². The highest BCUT2D eigenvalue weighted by Gasteiger charge is 2.30. The molecule has 1 N–H and O–H groups in total. The van der Waals surface area contributed by atoms with Crippen molar-refractivity contribution in [3.8, 4) is 0 Å². The summed E-state index contributed by atoms with van der Waals surface area (Å²) >= 11 is 0. The lowest BCUT2D eigenvalue weighted by Crippen LogP contribution is -2.52. The summed E-state index contributed by atoms with van der Waals surface area (Å²) in [5, 5.41) is 12.2. The molecule has 0 bridgehead atoms. The molecule has 20 heavy (non-hydrogen) atoms. The van der Waals surface area contributed by atoms with Gasteiger partial charge in [-0.05, 0) is 5.56 Å². The highest BCUT2D eigenvalue weighted by molar-refractivity contribution is 5.85. The molecule has 0 aliphatic rings. The Bertz CT molecular complexity index is 462. The van der Waals surface area contributed by atoms with Crippen LogP contribution in [0, 0.1) is 0 Å². The van der Waals surface area contributed by atoms with Gasteiger partial charge in [0.05, 0.1) is 0 Å². The average Bonchev–Trinajstić information content (AvgIpc) is 2.43. The van der Waals surface area contributed by atoms with Gasteiger partial charge in [-0.3, -0.25) is 14.7 Å². The third kappa shape index (κ3) is 3.96. The smallest absolute Gasteiger partial charge is 0.407 e. The second-order valence-electron chi connectivity index (χ2n) is 4.81. The van der Waals surface area contributed by atoms with E-state index in [2.05, 4.69) is 0 Å². The summed E-state index contributed by atoms with van der Waals surface area (Å²) in [5.74, 6) is -0.260. The Hall–Kier alpha value is -2.08. The first kappa shape index (κ1) is 16.0. The van der Waals surface area contributed by atoms with Crippen LogP contribution in [0.3, 0.4) is 0 Å². The van der Waals surface area contributed by atoms with Crippen molar-refractivity contribution in [1.82, 2.24) is 14.9 Å². The molecule has 0 saturated carbocycles. The fourth-order valence-electron chi connectivity index (χ4n) is 1.77. The summed E-state index contributed by atoms with van der Waals surface area (Å²) < 4.78 is 0. The molecule has 0 saturated heterocycles. The topological polar surface area (TPSA) is 64.1 Å². The van der Waals surface area contributed by atoms with Gasteiger partial charge in [-0.1, -0.05) is 30.3 Å². The lowest BCUT2D eigenvalue weighted by atomic mass is 10.0. The summed E-state index contributed by atoms with van der Waals surface area (Å²) in [6, 6.07) is 8.63. The van der Waals surface area contributed by atoms with Crippen molar-refractivity contribution in [3.63, 3.8) is 0 Å². The predicted molar refractivity (Wildman–Crippen MR) is 76.2 cm³/mol. The monoisotopic (exact) mass is 279 g/mol. The molecule has 1 atom stereocenters. The minimum absolute atomic E-state index is 0.260. The van der Waals surface area contributed by atoms with E-state index in [-0.39, 0.29) is 5.91 Å². The van der Waals surface area contributed by atoms with Gasteiger partial charge in [-0.25, -0.2) is 9.80 Å². The van der Waals surface area contributed by atoms with Gasteiger partial charge in [-0.2, -0.15) is 0 Å². The van der Waals surface area contributed by atoms with Crippen LogP contribution in [0.1, 0.15) is 5.56 Å². The molecule has 0 aliphatic carbocycles. The van der Waals surface area contributed by atoms with E-state index in [4.69, 9.17) is 5.11 Å². The van der Waals surface area contributed by atoms with Gasteiger partial charge in [-0.15, -0.1) is 0 Å². The molecule has 0 heterocycles. The molecule has 1 aromatic carbocycles. The molecule has 1 unspecified atom stereocenters. The van der Waals surface area contributed by atoms with E-state index < -0.39 is 12.1 Å². The Morgan fingerprint density at radius 2 is 1.65 bits per heavy atom. The van der Waals surface area contributed by atoms with Gasteiger partial charge in [0.2, 0.25) is 0 Å². The SMILES string of the molecule is CN(C(=O)O)C(Cc1ccccc1)C(=O)N(C)N(C)C. The standard InChI is InChI=1S/C14H21N3O3/c1-15(2)17(4)13(18)12(16(3)14(19)20)10-11-8-6-5-7-9-11/h5-9,12H,10H2,1-4H3,(H,19,20). The summed E-state index contributed by atoms with van der Waals surface area (Å²) in [7, 11) is 6.50. The number of carboxylic acid groups (broad SMARTS) is 1. The molecule has 0 aliphatic heterocycles. The first-order valence-electron chi connectivity index (χ1n) is 6.29. The van der Waals surface area contributed by atoms with Crippen LogP contribution < -0.4 is 0 Å². The fraction of sp³-hybridized carbons (Fsp3) is 0.429. The molecule has 6 heteroatoms. The maximum atomic E-state index is 12.4. The molecule has 0 spiro atoms. The lowest BCUT2D eigenvalue weighted by molar-refractivity contribution is -0.146. The summed E-state index contributed by atoms with van der Waals surface area (Å²) in [6.45, 7) is 0. The van der Waals surface area contributed by atoms with E-state index in [9.17, 15) is 9.59 Å². The van der Waals surface area contributed by atoms with Crippen molar-refractivity contribution in [2.75, 3.05) is 28.2 Å². The molecule has 0 radical (unpaired) electrons. The zero-order chi connectivity index (χ0) is 15.3. The number of hydrogen-bond acceptors (Lipinski definition) is 3. The maximum Gasteiger partial charge on any atom is 0.407 e. The zero-order valence-electron chi connectivity index (χ0n) is 12.3. The second kappa shape index (κ2) is 6.91. The van der Waals surface area contributed by atoms with Crippen molar-refractivity contribution in [2.45, 2.75) is 12.5 Å². The molecule has 110 valence electrons. The maximum absolute atomic E-state index is 12.4. The van der Waals surface area contributed by atoms with Crippen molar-refractivity contribution in [2.24, 2.45) is 0 Å². The van der Waals surface area contributed by atoms with Crippen LogP contribution in [0.2, 0.25) is 0 Å². The molecule has 0 aromatic heterocycles. The third-order valence-corrected chi connectivity index (χ3v) is 3.25. The fourth-order valence-corrected chi connectivity index (χ4v) is 1.77. The number of carbonyl (C=O) groups is 2. The molecule has 6 nitrogen and oxygen atoms in total. The zero-order valence-corrected chi connectivity index (χ0v) is 12.3. The van der Waals surface area contributed by atoms with Crippen LogP contribution in [0.15, 0.2) is 30.3 Å². The van der Waals surface area contributed by atoms with Crippen molar-refractivity contribution >= 4 is 12.0 Å². The highest BCUT2D eigenvalue weighted by Crippen LogP contribution is 2.11. The Kier molecular flexibility index (Phi) is 5.52. The van der Waals surface area contributed by atoms with Crippen LogP contribution in [-0.4, -0.2) is 66.3 Å². The van der Waals surface area contributed by atoms with Gasteiger partial charge in [0.15, 0.2) is 0 Å². The number of rotatable bonds is 5. The number of hydrogen-bond donors (Lipinski definition) is 1. The van der Waals surface area contributed by atoms with Crippen molar-refractivity contribution < 1.29 is 14.7 Å². The van der Waals surface area contributed by atoms with E-state index in [1.165, 1.54) is 12.1 Å². The highest BCUT2D eigenvalue weighted by atomic mass is 16.4. The molecule has 1 aromatic rings. The van der Waals surface area contributed by atoms with Gasteiger partial charge in [0.25, 0.3) is 5.91 Å². The van der Waals surface area contributed by atoms with Gasteiger partial charge in [0, 0.05) is 34.6 Å². The molecular formula is C14H21N3O3.